The Morgan fingerprint density at radius 3 is 2.75 bits per heavy atom. The van der Waals surface area contributed by atoms with E-state index in [1.165, 1.54) is 34.2 Å². The van der Waals surface area contributed by atoms with Gasteiger partial charge < -0.3 is 15.0 Å². The zero-order valence-corrected chi connectivity index (χ0v) is 17.1. The molecule has 1 N–H and O–H groups in total. The summed E-state index contributed by atoms with van der Waals surface area (Å²) in [7, 11) is 1.64. The van der Waals surface area contributed by atoms with Gasteiger partial charge in [0.2, 0.25) is 11.0 Å². The normalized spacial score (nSPS) is 13.1. The molecule has 4 rings (SSSR count). The van der Waals surface area contributed by atoms with Gasteiger partial charge in [-0.15, -0.1) is 10.2 Å². The van der Waals surface area contributed by atoms with Crippen molar-refractivity contribution in [2.75, 3.05) is 24.7 Å². The van der Waals surface area contributed by atoms with E-state index in [9.17, 15) is 4.79 Å². The fraction of sp³-hybridized carbons (Fsp3) is 0.250. The van der Waals surface area contributed by atoms with Gasteiger partial charge in [0.25, 0.3) is 0 Å². The number of carbonyl (C=O) groups excluding carboxylic acids is 1. The summed E-state index contributed by atoms with van der Waals surface area (Å²) >= 11 is 2.88. The van der Waals surface area contributed by atoms with Crippen LogP contribution in [0.5, 0.6) is 5.75 Å². The lowest BCUT2D eigenvalue weighted by atomic mass is 10.00. The van der Waals surface area contributed by atoms with E-state index in [4.69, 9.17) is 4.74 Å². The molecule has 1 aromatic heterocycles. The summed E-state index contributed by atoms with van der Waals surface area (Å²) in [4.78, 5) is 14.5. The van der Waals surface area contributed by atoms with E-state index in [1.54, 1.807) is 7.11 Å². The Morgan fingerprint density at radius 1 is 1.18 bits per heavy atom. The van der Waals surface area contributed by atoms with Gasteiger partial charge in [-0.25, -0.2) is 0 Å². The number of nitrogens with zero attached hydrogens (tertiary/aromatic N) is 3. The molecule has 0 saturated heterocycles. The van der Waals surface area contributed by atoms with E-state index in [1.807, 2.05) is 35.2 Å². The molecule has 2 aromatic carbocycles. The Balaban J connectivity index is 1.30. The molecule has 0 fully saturated rings. The fourth-order valence-corrected chi connectivity index (χ4v) is 4.71. The Bertz CT molecular complexity index is 959. The van der Waals surface area contributed by atoms with Gasteiger partial charge in [-0.1, -0.05) is 47.4 Å². The zero-order chi connectivity index (χ0) is 19.3. The van der Waals surface area contributed by atoms with Crippen LogP contribution < -0.4 is 10.1 Å². The van der Waals surface area contributed by atoms with Crippen molar-refractivity contribution in [3.8, 4) is 5.75 Å². The summed E-state index contributed by atoms with van der Waals surface area (Å²) in [6, 6.07) is 15.9. The lowest BCUT2D eigenvalue weighted by molar-refractivity contribution is -0.129. The van der Waals surface area contributed by atoms with Gasteiger partial charge in [-0.05, 0) is 41.8 Å². The second-order valence-corrected chi connectivity index (χ2v) is 8.55. The topological polar surface area (TPSA) is 67.3 Å². The molecule has 28 heavy (non-hydrogen) atoms. The number of rotatable bonds is 6. The molecule has 6 nitrogen and oxygen atoms in total. The Kier molecular flexibility index (Phi) is 5.78. The maximum Gasteiger partial charge on any atom is 0.233 e. The number of hydrogen-bond donors (Lipinski definition) is 1. The minimum absolute atomic E-state index is 0.138. The van der Waals surface area contributed by atoms with Crippen LogP contribution in [0.3, 0.4) is 0 Å². The Labute approximate surface area is 171 Å². The van der Waals surface area contributed by atoms with Crippen molar-refractivity contribution >= 4 is 39.8 Å². The van der Waals surface area contributed by atoms with E-state index in [2.05, 4.69) is 33.7 Å². The maximum absolute atomic E-state index is 12.6. The second kappa shape index (κ2) is 8.62. The van der Waals surface area contributed by atoms with Crippen molar-refractivity contribution in [2.45, 2.75) is 17.3 Å². The highest BCUT2D eigenvalue weighted by Crippen LogP contribution is 2.29. The second-order valence-electron chi connectivity index (χ2n) is 6.35. The van der Waals surface area contributed by atoms with Crippen LogP contribution in [0.25, 0.3) is 0 Å². The fourth-order valence-electron chi connectivity index (χ4n) is 3.04. The van der Waals surface area contributed by atoms with Gasteiger partial charge in [-0.3, -0.25) is 4.79 Å². The number of carbonyl (C=O) groups is 1. The first kappa shape index (κ1) is 18.8. The van der Waals surface area contributed by atoms with Crippen molar-refractivity contribution in [1.29, 1.82) is 0 Å². The highest BCUT2D eigenvalue weighted by atomic mass is 32.2. The number of benzene rings is 2. The Morgan fingerprint density at radius 2 is 1.96 bits per heavy atom. The smallest absolute Gasteiger partial charge is 0.233 e. The third kappa shape index (κ3) is 4.45. The summed E-state index contributed by atoms with van der Waals surface area (Å²) < 4.78 is 5.93. The van der Waals surface area contributed by atoms with Crippen LogP contribution in [0, 0.1) is 0 Å². The summed E-state index contributed by atoms with van der Waals surface area (Å²) in [6.45, 7) is 1.47. The molecule has 1 aliphatic rings. The minimum atomic E-state index is 0.138. The number of aromatic nitrogens is 2. The number of ether oxygens (including phenoxy) is 1. The van der Waals surface area contributed by atoms with Gasteiger partial charge >= 0.3 is 0 Å². The average Bonchev–Trinajstić information content (AvgIpc) is 3.19. The lowest BCUT2D eigenvalue weighted by Gasteiger charge is -2.28. The van der Waals surface area contributed by atoms with E-state index in [-0.39, 0.29) is 5.91 Å². The van der Waals surface area contributed by atoms with Gasteiger partial charge in [0, 0.05) is 18.8 Å². The summed E-state index contributed by atoms with van der Waals surface area (Å²) in [6.07, 6.45) is 0.918. The van der Waals surface area contributed by atoms with E-state index in [0.717, 1.165) is 28.7 Å². The molecule has 1 amide bonds. The summed E-state index contributed by atoms with van der Waals surface area (Å²) in [5, 5.41) is 12.2. The molecular formula is C20H20N4O2S2. The predicted molar refractivity (Wildman–Crippen MR) is 112 cm³/mol. The number of fused-ring (bicyclic) bond motifs is 1. The van der Waals surface area contributed by atoms with Crippen LogP contribution in [-0.2, 0) is 17.8 Å². The molecule has 8 heteroatoms. The molecule has 0 radical (unpaired) electrons. The average molecular weight is 413 g/mol. The van der Waals surface area contributed by atoms with Crippen molar-refractivity contribution in [3.63, 3.8) is 0 Å². The molecule has 0 aliphatic carbocycles. The molecule has 1 aliphatic heterocycles. The minimum Gasteiger partial charge on any atom is -0.497 e. The maximum atomic E-state index is 12.6. The van der Waals surface area contributed by atoms with Crippen LogP contribution in [-0.4, -0.2) is 40.4 Å². The molecule has 0 saturated carbocycles. The van der Waals surface area contributed by atoms with Crippen molar-refractivity contribution < 1.29 is 9.53 Å². The molecule has 3 aromatic rings. The molecule has 0 bridgehead atoms. The van der Waals surface area contributed by atoms with Crippen LogP contribution in [0.4, 0.5) is 10.8 Å². The monoisotopic (exact) mass is 412 g/mol. The zero-order valence-electron chi connectivity index (χ0n) is 15.4. The third-order valence-electron chi connectivity index (χ3n) is 4.55. The van der Waals surface area contributed by atoms with Crippen molar-refractivity contribution in [3.05, 3.63) is 59.7 Å². The van der Waals surface area contributed by atoms with E-state index in [0.29, 0.717) is 17.4 Å². The van der Waals surface area contributed by atoms with Crippen LogP contribution in [0.15, 0.2) is 52.9 Å². The predicted octanol–water partition coefficient (Wildman–Crippen LogP) is 3.97. The molecule has 2 heterocycles. The van der Waals surface area contributed by atoms with Gasteiger partial charge in [0.15, 0.2) is 4.34 Å². The number of amides is 1. The standard InChI is InChI=1S/C20H20N4O2S2/c1-26-17-8-6-16(7-9-17)21-19-22-23-20(28-19)27-13-18(25)24-11-10-14-4-2-3-5-15(14)12-24/h2-9H,10-13H2,1H3,(H,21,22). The first-order chi connectivity index (χ1) is 13.7. The Hall–Kier alpha value is -2.58. The van der Waals surface area contributed by atoms with Crippen LogP contribution >= 0.6 is 23.1 Å². The van der Waals surface area contributed by atoms with Gasteiger partial charge in [-0.2, -0.15) is 0 Å². The first-order valence-electron chi connectivity index (χ1n) is 8.93. The number of thioether (sulfide) groups is 1. The number of nitrogens with one attached hydrogen (secondary N) is 1. The van der Waals surface area contributed by atoms with Gasteiger partial charge in [0.1, 0.15) is 5.75 Å². The molecule has 0 spiro atoms. The van der Waals surface area contributed by atoms with E-state index >= 15 is 0 Å². The number of hydrogen-bond acceptors (Lipinski definition) is 7. The molecule has 144 valence electrons. The molecular weight excluding hydrogens is 392 g/mol. The number of methoxy groups -OCH3 is 1. The summed E-state index contributed by atoms with van der Waals surface area (Å²) in [5.41, 5.74) is 3.50. The SMILES string of the molecule is COc1ccc(Nc2nnc(SCC(=O)N3CCc4ccccc4C3)s2)cc1. The molecule has 0 atom stereocenters. The van der Waals surface area contributed by atoms with Crippen LogP contribution in [0.2, 0.25) is 0 Å². The first-order valence-corrected chi connectivity index (χ1v) is 10.7. The van der Waals surface area contributed by atoms with Crippen LogP contribution in [0.1, 0.15) is 11.1 Å². The lowest BCUT2D eigenvalue weighted by Crippen LogP contribution is -2.37. The largest absolute Gasteiger partial charge is 0.497 e. The van der Waals surface area contributed by atoms with E-state index < -0.39 is 0 Å². The highest BCUT2D eigenvalue weighted by Gasteiger charge is 2.20. The summed E-state index contributed by atoms with van der Waals surface area (Å²) in [5.74, 6) is 1.32. The highest BCUT2D eigenvalue weighted by molar-refractivity contribution is 8.01. The number of anilines is 2. The third-order valence-corrected chi connectivity index (χ3v) is 6.51. The van der Waals surface area contributed by atoms with Crippen molar-refractivity contribution in [2.24, 2.45) is 0 Å². The molecule has 0 unspecified atom stereocenters. The quantitative estimate of drug-likeness (QED) is 0.618. The van der Waals surface area contributed by atoms with Crippen molar-refractivity contribution in [1.82, 2.24) is 15.1 Å². The van der Waals surface area contributed by atoms with Gasteiger partial charge in [0.05, 0.1) is 12.9 Å².